The average molecular weight is 271 g/mol. The van der Waals surface area contributed by atoms with Gasteiger partial charge in [-0.15, -0.1) is 0 Å². The lowest BCUT2D eigenvalue weighted by Crippen LogP contribution is -2.23. The van der Waals surface area contributed by atoms with E-state index in [0.29, 0.717) is 16.5 Å². The van der Waals surface area contributed by atoms with Crippen molar-refractivity contribution < 1.29 is 9.52 Å². The minimum absolute atomic E-state index is 0.405. The lowest BCUT2D eigenvalue weighted by Gasteiger charge is -2.22. The molecular weight excluding hydrogens is 259 g/mol. The van der Waals surface area contributed by atoms with Crippen LogP contribution in [-0.2, 0) is 12.0 Å². The number of hydrogen-bond donors (Lipinski definition) is 1. The maximum absolute atomic E-state index is 10.4. The van der Waals surface area contributed by atoms with E-state index in [9.17, 15) is 5.11 Å². The van der Waals surface area contributed by atoms with E-state index in [2.05, 4.69) is 0 Å². The molecule has 0 saturated carbocycles. The van der Waals surface area contributed by atoms with Crippen LogP contribution in [0.2, 0.25) is 10.0 Å². The number of aliphatic hydroxyl groups is 1. The minimum Gasteiger partial charge on any atom is -0.472 e. The van der Waals surface area contributed by atoms with Gasteiger partial charge in [0.25, 0.3) is 0 Å². The van der Waals surface area contributed by atoms with E-state index in [4.69, 9.17) is 27.6 Å². The maximum atomic E-state index is 10.4. The largest absolute Gasteiger partial charge is 0.472 e. The van der Waals surface area contributed by atoms with Gasteiger partial charge in [0.1, 0.15) is 0 Å². The predicted octanol–water partition coefficient (Wildman–Crippen LogP) is 4.04. The molecule has 0 fully saturated rings. The zero-order chi connectivity index (χ0) is 12.5. The van der Waals surface area contributed by atoms with Crippen molar-refractivity contribution in [3.8, 4) is 0 Å². The van der Waals surface area contributed by atoms with Gasteiger partial charge in [0, 0.05) is 22.0 Å². The summed E-state index contributed by atoms with van der Waals surface area (Å²) in [4.78, 5) is 0. The van der Waals surface area contributed by atoms with Gasteiger partial charge in [-0.1, -0.05) is 29.3 Å². The minimum atomic E-state index is -1.01. The zero-order valence-electron chi connectivity index (χ0n) is 9.28. The number of benzene rings is 1. The Morgan fingerprint density at radius 2 is 2.06 bits per heavy atom. The molecule has 1 N–H and O–H groups in total. The van der Waals surface area contributed by atoms with Crippen molar-refractivity contribution in [1.29, 1.82) is 0 Å². The average Bonchev–Trinajstić information content (AvgIpc) is 2.76. The van der Waals surface area contributed by atoms with Crippen LogP contribution in [-0.4, -0.2) is 5.11 Å². The summed E-state index contributed by atoms with van der Waals surface area (Å²) < 4.78 is 4.97. The molecule has 0 saturated heterocycles. The molecule has 0 bridgehead atoms. The number of halogens is 2. The Bertz CT molecular complexity index is 504. The molecule has 0 aliphatic carbocycles. The van der Waals surface area contributed by atoms with Gasteiger partial charge in [0.15, 0.2) is 0 Å². The molecule has 2 rings (SSSR count). The second kappa shape index (κ2) is 4.73. The van der Waals surface area contributed by atoms with Gasteiger partial charge in [-0.25, -0.2) is 0 Å². The predicted molar refractivity (Wildman–Crippen MR) is 68.4 cm³/mol. The van der Waals surface area contributed by atoms with E-state index >= 15 is 0 Å². The summed E-state index contributed by atoms with van der Waals surface area (Å²) in [6.07, 6.45) is 3.47. The van der Waals surface area contributed by atoms with E-state index in [1.165, 1.54) is 12.5 Å². The van der Waals surface area contributed by atoms with E-state index in [0.717, 1.165) is 11.1 Å². The molecule has 4 heteroatoms. The third kappa shape index (κ3) is 2.83. The molecule has 1 heterocycles. The highest BCUT2D eigenvalue weighted by atomic mass is 35.5. The quantitative estimate of drug-likeness (QED) is 0.914. The van der Waals surface area contributed by atoms with Gasteiger partial charge >= 0.3 is 0 Å². The fourth-order valence-corrected chi connectivity index (χ4v) is 2.18. The molecule has 1 aromatic carbocycles. The van der Waals surface area contributed by atoms with E-state index < -0.39 is 5.60 Å². The molecule has 1 aromatic heterocycles. The first-order valence-corrected chi connectivity index (χ1v) is 5.93. The normalized spacial score (nSPS) is 14.6. The SMILES string of the molecule is CC(O)(Cc1ccc(Cl)cc1Cl)c1ccoc1. The highest BCUT2D eigenvalue weighted by Gasteiger charge is 2.25. The van der Waals surface area contributed by atoms with Gasteiger partial charge in [0.2, 0.25) is 0 Å². The number of hydrogen-bond acceptors (Lipinski definition) is 2. The Kier molecular flexibility index (Phi) is 3.48. The molecular formula is C13H12Cl2O2. The first-order valence-electron chi connectivity index (χ1n) is 5.18. The van der Waals surface area contributed by atoms with Gasteiger partial charge in [-0.3, -0.25) is 0 Å². The van der Waals surface area contributed by atoms with Crippen molar-refractivity contribution >= 4 is 23.2 Å². The van der Waals surface area contributed by atoms with Gasteiger partial charge in [-0.2, -0.15) is 0 Å². The van der Waals surface area contributed by atoms with Gasteiger partial charge < -0.3 is 9.52 Å². The van der Waals surface area contributed by atoms with Crippen LogP contribution in [0.25, 0.3) is 0 Å². The second-order valence-electron chi connectivity index (χ2n) is 4.20. The first-order chi connectivity index (χ1) is 7.99. The molecule has 0 amide bonds. The maximum Gasteiger partial charge on any atom is 0.0963 e. The molecule has 2 aromatic rings. The van der Waals surface area contributed by atoms with Crippen molar-refractivity contribution in [2.75, 3.05) is 0 Å². The fraction of sp³-hybridized carbons (Fsp3) is 0.231. The Balaban J connectivity index is 2.26. The molecule has 0 aliphatic heterocycles. The molecule has 0 radical (unpaired) electrons. The van der Waals surface area contributed by atoms with Crippen molar-refractivity contribution in [2.24, 2.45) is 0 Å². The highest BCUT2D eigenvalue weighted by molar-refractivity contribution is 6.35. The van der Waals surface area contributed by atoms with Crippen molar-refractivity contribution in [3.63, 3.8) is 0 Å². The summed E-state index contributed by atoms with van der Waals surface area (Å²) in [5, 5.41) is 11.5. The molecule has 1 unspecified atom stereocenters. The third-order valence-corrected chi connectivity index (χ3v) is 3.28. The summed E-state index contributed by atoms with van der Waals surface area (Å²) in [6, 6.07) is 6.99. The molecule has 0 spiro atoms. The smallest absolute Gasteiger partial charge is 0.0963 e. The topological polar surface area (TPSA) is 33.4 Å². The molecule has 1 atom stereocenters. The standard InChI is InChI=1S/C13H12Cl2O2/c1-13(16,10-4-5-17-8-10)7-9-2-3-11(14)6-12(9)15/h2-6,8,16H,7H2,1H3. The van der Waals surface area contributed by atoms with Crippen LogP contribution in [0.4, 0.5) is 0 Å². The van der Waals surface area contributed by atoms with E-state index in [1.54, 1.807) is 25.1 Å². The van der Waals surface area contributed by atoms with Crippen LogP contribution in [0.1, 0.15) is 18.1 Å². The number of rotatable bonds is 3. The summed E-state index contributed by atoms with van der Waals surface area (Å²) in [5.41, 5.74) is 0.565. The highest BCUT2D eigenvalue weighted by Crippen LogP contribution is 2.30. The Hall–Kier alpha value is -0.960. The van der Waals surface area contributed by atoms with Crippen LogP contribution in [0.5, 0.6) is 0 Å². The lowest BCUT2D eigenvalue weighted by atomic mass is 9.91. The van der Waals surface area contributed by atoms with Gasteiger partial charge in [0.05, 0.1) is 18.1 Å². The Morgan fingerprint density at radius 3 is 2.65 bits per heavy atom. The lowest BCUT2D eigenvalue weighted by molar-refractivity contribution is 0.0570. The van der Waals surface area contributed by atoms with Crippen LogP contribution >= 0.6 is 23.2 Å². The van der Waals surface area contributed by atoms with Crippen LogP contribution in [0, 0.1) is 0 Å². The molecule has 2 nitrogen and oxygen atoms in total. The van der Waals surface area contributed by atoms with Gasteiger partial charge in [-0.05, 0) is 30.7 Å². The third-order valence-electron chi connectivity index (χ3n) is 2.69. The molecule has 90 valence electrons. The zero-order valence-corrected chi connectivity index (χ0v) is 10.8. The van der Waals surface area contributed by atoms with Crippen molar-refractivity contribution in [3.05, 3.63) is 58.0 Å². The van der Waals surface area contributed by atoms with E-state index in [1.807, 2.05) is 6.07 Å². The molecule has 0 aliphatic rings. The fourth-order valence-electron chi connectivity index (χ4n) is 1.71. The summed E-state index contributed by atoms with van der Waals surface area (Å²) >= 11 is 11.9. The van der Waals surface area contributed by atoms with Crippen molar-refractivity contribution in [1.82, 2.24) is 0 Å². The van der Waals surface area contributed by atoms with Crippen molar-refractivity contribution in [2.45, 2.75) is 18.9 Å². The monoisotopic (exact) mass is 270 g/mol. The second-order valence-corrected chi connectivity index (χ2v) is 5.04. The van der Waals surface area contributed by atoms with Crippen LogP contribution in [0.15, 0.2) is 41.2 Å². The Labute approximate surface area is 110 Å². The Morgan fingerprint density at radius 1 is 1.29 bits per heavy atom. The summed E-state index contributed by atoms with van der Waals surface area (Å²) in [6.45, 7) is 1.72. The summed E-state index contributed by atoms with van der Waals surface area (Å²) in [5.74, 6) is 0. The van der Waals surface area contributed by atoms with Crippen LogP contribution < -0.4 is 0 Å². The van der Waals surface area contributed by atoms with Crippen LogP contribution in [0.3, 0.4) is 0 Å². The first kappa shape index (κ1) is 12.5. The summed E-state index contributed by atoms with van der Waals surface area (Å²) in [7, 11) is 0. The molecule has 17 heavy (non-hydrogen) atoms. The van der Waals surface area contributed by atoms with E-state index in [-0.39, 0.29) is 0 Å². The number of furan rings is 1.